The van der Waals surface area contributed by atoms with Gasteiger partial charge < -0.3 is 15.8 Å². The van der Waals surface area contributed by atoms with E-state index < -0.39 is 35.6 Å². The Kier molecular flexibility index (Phi) is 6.09. The van der Waals surface area contributed by atoms with Crippen molar-refractivity contribution in [3.8, 4) is 16.9 Å². The second-order valence-corrected chi connectivity index (χ2v) is 6.43. The Bertz CT molecular complexity index is 1080. The van der Waals surface area contributed by atoms with Crippen molar-refractivity contribution in [2.45, 2.75) is 0 Å². The first kappa shape index (κ1) is 20.3. The summed E-state index contributed by atoms with van der Waals surface area (Å²) >= 11 is 6.21. The van der Waals surface area contributed by atoms with Gasteiger partial charge in [-0.05, 0) is 29.3 Å². The topological polar surface area (TPSA) is 81.4 Å². The first-order chi connectivity index (χ1) is 13.8. The number of amides is 2. The summed E-state index contributed by atoms with van der Waals surface area (Å²) in [6.07, 6.45) is 0. The van der Waals surface area contributed by atoms with Gasteiger partial charge in [0.2, 0.25) is 0 Å². The van der Waals surface area contributed by atoms with Crippen molar-refractivity contribution in [3.63, 3.8) is 0 Å². The van der Waals surface area contributed by atoms with Crippen LogP contribution in [0.25, 0.3) is 11.1 Å². The molecule has 0 atom stereocenters. The number of benzene rings is 3. The summed E-state index contributed by atoms with van der Waals surface area (Å²) in [5.41, 5.74) is 5.93. The van der Waals surface area contributed by atoms with Crippen LogP contribution >= 0.6 is 11.6 Å². The Morgan fingerprint density at radius 1 is 0.966 bits per heavy atom. The zero-order valence-electron chi connectivity index (χ0n) is 14.9. The van der Waals surface area contributed by atoms with E-state index in [1.165, 1.54) is 0 Å². The molecule has 29 heavy (non-hydrogen) atoms. The van der Waals surface area contributed by atoms with Crippen LogP contribution in [0.15, 0.2) is 60.7 Å². The molecular formula is C21H15ClF2N2O3. The van der Waals surface area contributed by atoms with Crippen LogP contribution < -0.4 is 15.8 Å². The quantitative estimate of drug-likeness (QED) is 0.624. The van der Waals surface area contributed by atoms with Crippen LogP contribution in [-0.4, -0.2) is 18.4 Å². The fraction of sp³-hybridized carbons (Fsp3) is 0.0476. The highest BCUT2D eigenvalue weighted by Crippen LogP contribution is 2.30. The number of primary amides is 1. The Balaban J connectivity index is 1.67. The lowest BCUT2D eigenvalue weighted by atomic mass is 10.1. The van der Waals surface area contributed by atoms with Gasteiger partial charge in [0, 0.05) is 6.07 Å². The highest BCUT2D eigenvalue weighted by Gasteiger charge is 2.16. The molecule has 3 rings (SSSR count). The van der Waals surface area contributed by atoms with Crippen LogP contribution in [0.4, 0.5) is 14.5 Å². The third kappa shape index (κ3) is 4.89. The summed E-state index contributed by atoms with van der Waals surface area (Å²) in [6, 6.07) is 15.9. The summed E-state index contributed by atoms with van der Waals surface area (Å²) in [5.74, 6) is -3.71. The van der Waals surface area contributed by atoms with Gasteiger partial charge in [0.05, 0.1) is 16.3 Å². The van der Waals surface area contributed by atoms with Crippen LogP contribution in [0.5, 0.6) is 5.75 Å². The van der Waals surface area contributed by atoms with E-state index in [9.17, 15) is 18.4 Å². The van der Waals surface area contributed by atoms with Crippen LogP contribution in [0.2, 0.25) is 5.02 Å². The molecule has 148 valence electrons. The lowest BCUT2D eigenvalue weighted by Gasteiger charge is -2.11. The minimum Gasteiger partial charge on any atom is -0.482 e. The minimum atomic E-state index is -1.12. The summed E-state index contributed by atoms with van der Waals surface area (Å²) in [7, 11) is 0. The van der Waals surface area contributed by atoms with Crippen molar-refractivity contribution in [2.24, 2.45) is 5.73 Å². The van der Waals surface area contributed by atoms with Gasteiger partial charge in [-0.3, -0.25) is 9.59 Å². The van der Waals surface area contributed by atoms with Crippen molar-refractivity contribution in [1.82, 2.24) is 0 Å². The molecule has 5 nitrogen and oxygen atoms in total. The molecule has 0 saturated heterocycles. The number of nitrogens with two attached hydrogens (primary N) is 1. The van der Waals surface area contributed by atoms with E-state index in [1.807, 2.05) is 30.3 Å². The lowest BCUT2D eigenvalue weighted by molar-refractivity contribution is -0.118. The van der Waals surface area contributed by atoms with Crippen LogP contribution in [0, 0.1) is 11.6 Å². The van der Waals surface area contributed by atoms with Crippen molar-refractivity contribution in [1.29, 1.82) is 0 Å². The van der Waals surface area contributed by atoms with Gasteiger partial charge in [-0.2, -0.15) is 0 Å². The monoisotopic (exact) mass is 416 g/mol. The molecule has 0 unspecified atom stereocenters. The standard InChI is InChI=1S/C21H15ClF2N2O3/c22-15-8-13(12-4-2-1-3-5-12)6-7-19(15)29-11-20(27)26-18-9-14(21(25)28)16(23)10-17(18)24/h1-10H,11H2,(H2,25,28)(H,26,27). The highest BCUT2D eigenvalue weighted by atomic mass is 35.5. The Morgan fingerprint density at radius 2 is 1.69 bits per heavy atom. The van der Waals surface area contributed by atoms with Crippen LogP contribution in [0.3, 0.4) is 0 Å². The maximum Gasteiger partial charge on any atom is 0.262 e. The Labute approximate surface area is 170 Å². The summed E-state index contributed by atoms with van der Waals surface area (Å²) in [6.45, 7) is -0.479. The van der Waals surface area contributed by atoms with E-state index in [0.717, 1.165) is 17.2 Å². The zero-order valence-corrected chi connectivity index (χ0v) is 15.7. The second kappa shape index (κ2) is 8.70. The lowest BCUT2D eigenvalue weighted by Crippen LogP contribution is -2.22. The van der Waals surface area contributed by atoms with E-state index in [-0.39, 0.29) is 11.4 Å². The zero-order chi connectivity index (χ0) is 21.0. The second-order valence-electron chi connectivity index (χ2n) is 6.02. The average molecular weight is 417 g/mol. The molecule has 2 amide bonds. The summed E-state index contributed by atoms with van der Waals surface area (Å²) in [5, 5.41) is 2.50. The molecule has 0 aromatic heterocycles. The molecule has 3 aromatic rings. The molecule has 0 bridgehead atoms. The molecule has 0 aliphatic carbocycles. The van der Waals surface area contributed by atoms with Gasteiger partial charge in [-0.15, -0.1) is 0 Å². The largest absolute Gasteiger partial charge is 0.482 e. The SMILES string of the molecule is NC(=O)c1cc(NC(=O)COc2ccc(-c3ccccc3)cc2Cl)c(F)cc1F. The van der Waals surface area contributed by atoms with Crippen LogP contribution in [0.1, 0.15) is 10.4 Å². The highest BCUT2D eigenvalue weighted by molar-refractivity contribution is 6.32. The number of rotatable bonds is 6. The van der Waals surface area contributed by atoms with E-state index in [0.29, 0.717) is 11.1 Å². The average Bonchev–Trinajstić information content (AvgIpc) is 2.69. The van der Waals surface area contributed by atoms with Crippen molar-refractivity contribution in [2.75, 3.05) is 11.9 Å². The number of anilines is 1. The molecule has 3 aromatic carbocycles. The van der Waals surface area contributed by atoms with Crippen molar-refractivity contribution in [3.05, 3.63) is 82.9 Å². The molecule has 0 aliphatic heterocycles. The molecule has 8 heteroatoms. The normalized spacial score (nSPS) is 10.4. The summed E-state index contributed by atoms with van der Waals surface area (Å²) in [4.78, 5) is 23.2. The van der Waals surface area contributed by atoms with E-state index in [2.05, 4.69) is 5.32 Å². The molecule has 0 aliphatic rings. The van der Waals surface area contributed by atoms with E-state index >= 15 is 0 Å². The number of hydrogen-bond acceptors (Lipinski definition) is 3. The van der Waals surface area contributed by atoms with Crippen molar-refractivity contribution < 1.29 is 23.1 Å². The smallest absolute Gasteiger partial charge is 0.262 e. The van der Waals surface area contributed by atoms with Gasteiger partial charge in [-0.25, -0.2) is 8.78 Å². The molecule has 0 saturated carbocycles. The first-order valence-electron chi connectivity index (χ1n) is 8.41. The third-order valence-electron chi connectivity index (χ3n) is 3.99. The number of carbonyl (C=O) groups excluding carboxylic acids is 2. The predicted octanol–water partition coefficient (Wildman–Crippen LogP) is 4.40. The maximum atomic E-state index is 13.8. The molecule has 3 N–H and O–H groups in total. The van der Waals surface area contributed by atoms with Gasteiger partial charge >= 0.3 is 0 Å². The fourth-order valence-electron chi connectivity index (χ4n) is 2.59. The number of nitrogens with one attached hydrogen (secondary N) is 1. The predicted molar refractivity (Wildman–Crippen MR) is 106 cm³/mol. The Hall–Kier alpha value is -3.45. The number of carbonyl (C=O) groups is 2. The van der Waals surface area contributed by atoms with Crippen LogP contribution in [-0.2, 0) is 4.79 Å². The van der Waals surface area contributed by atoms with Gasteiger partial charge in [0.25, 0.3) is 11.8 Å². The summed E-state index contributed by atoms with van der Waals surface area (Å²) < 4.78 is 32.7. The molecule has 0 heterocycles. The van der Waals surface area contributed by atoms with Gasteiger partial charge in [-0.1, -0.05) is 48.0 Å². The fourth-order valence-corrected chi connectivity index (χ4v) is 2.83. The minimum absolute atomic E-state index is 0.263. The molecule has 0 fully saturated rings. The molecule has 0 radical (unpaired) electrons. The van der Waals surface area contributed by atoms with Crippen molar-refractivity contribution >= 4 is 29.1 Å². The van der Waals surface area contributed by atoms with E-state index in [1.54, 1.807) is 18.2 Å². The number of halogens is 3. The molecular weight excluding hydrogens is 402 g/mol. The van der Waals surface area contributed by atoms with Gasteiger partial charge in [0.1, 0.15) is 17.4 Å². The van der Waals surface area contributed by atoms with E-state index in [4.69, 9.17) is 22.1 Å². The first-order valence-corrected chi connectivity index (χ1v) is 8.79. The van der Waals surface area contributed by atoms with Gasteiger partial charge in [0.15, 0.2) is 6.61 Å². The number of ether oxygens (including phenoxy) is 1. The Morgan fingerprint density at radius 3 is 2.34 bits per heavy atom. The molecule has 0 spiro atoms. The maximum absolute atomic E-state index is 13.8. The number of hydrogen-bond donors (Lipinski definition) is 2. The third-order valence-corrected chi connectivity index (χ3v) is 4.29.